The van der Waals surface area contributed by atoms with Gasteiger partial charge in [-0.3, -0.25) is 4.99 Å². The second kappa shape index (κ2) is 9.37. The second-order valence-corrected chi connectivity index (χ2v) is 9.07. The predicted octanol–water partition coefficient (Wildman–Crippen LogP) is 2.57. The van der Waals surface area contributed by atoms with Gasteiger partial charge in [0.1, 0.15) is 0 Å². The fraction of sp³-hybridized carbons (Fsp3) is 0.632. The van der Waals surface area contributed by atoms with Crippen LogP contribution in [0.5, 0.6) is 0 Å². The maximum Gasteiger partial charge on any atom is 0.243 e. The molecule has 7 heteroatoms. The lowest BCUT2D eigenvalue weighted by Crippen LogP contribution is -2.41. The molecule has 0 radical (unpaired) electrons. The van der Waals surface area contributed by atoms with E-state index in [0.717, 1.165) is 30.8 Å². The molecule has 6 nitrogen and oxygen atoms in total. The van der Waals surface area contributed by atoms with Gasteiger partial charge in [-0.05, 0) is 49.8 Å². The first kappa shape index (κ1) is 20.7. The number of rotatable bonds is 6. The zero-order valence-corrected chi connectivity index (χ0v) is 17.1. The third-order valence-corrected chi connectivity index (χ3v) is 6.74. The molecule has 2 atom stereocenters. The van der Waals surface area contributed by atoms with Gasteiger partial charge in [0.15, 0.2) is 5.96 Å². The highest BCUT2D eigenvalue weighted by molar-refractivity contribution is 7.89. The molecule has 1 saturated heterocycles. The number of piperidine rings is 1. The lowest BCUT2D eigenvalue weighted by Gasteiger charge is -2.30. The van der Waals surface area contributed by atoms with Gasteiger partial charge >= 0.3 is 0 Å². The van der Waals surface area contributed by atoms with Gasteiger partial charge in [0.25, 0.3) is 0 Å². The lowest BCUT2D eigenvalue weighted by atomic mass is 10.0. The summed E-state index contributed by atoms with van der Waals surface area (Å²) in [6.45, 7) is 8.16. The number of nitrogens with zero attached hydrogens (tertiary/aromatic N) is 2. The van der Waals surface area contributed by atoms with Crippen LogP contribution in [0.4, 0.5) is 0 Å². The van der Waals surface area contributed by atoms with Gasteiger partial charge < -0.3 is 10.6 Å². The van der Waals surface area contributed by atoms with E-state index >= 15 is 0 Å². The van der Waals surface area contributed by atoms with Crippen LogP contribution < -0.4 is 10.6 Å². The van der Waals surface area contributed by atoms with Crippen molar-refractivity contribution in [2.24, 2.45) is 10.9 Å². The number of guanidine groups is 1. The van der Waals surface area contributed by atoms with E-state index in [-0.39, 0.29) is 0 Å². The molecule has 0 aromatic heterocycles. The Balaban J connectivity index is 1.99. The first-order chi connectivity index (χ1) is 12.4. The van der Waals surface area contributed by atoms with Gasteiger partial charge in [0, 0.05) is 32.7 Å². The summed E-state index contributed by atoms with van der Waals surface area (Å²) in [5.41, 5.74) is 1.02. The number of aliphatic imine (C=N–C) groups is 1. The zero-order chi connectivity index (χ0) is 19.2. The highest BCUT2D eigenvalue weighted by Gasteiger charge is 2.28. The van der Waals surface area contributed by atoms with E-state index in [1.54, 1.807) is 23.5 Å². The topological polar surface area (TPSA) is 73.8 Å². The average molecular weight is 381 g/mol. The summed E-state index contributed by atoms with van der Waals surface area (Å²) >= 11 is 0. The van der Waals surface area contributed by atoms with E-state index in [4.69, 9.17) is 0 Å². The number of hydrogen-bond acceptors (Lipinski definition) is 3. The van der Waals surface area contributed by atoms with Crippen molar-refractivity contribution in [1.82, 2.24) is 14.9 Å². The van der Waals surface area contributed by atoms with Gasteiger partial charge in [0.2, 0.25) is 10.0 Å². The summed E-state index contributed by atoms with van der Waals surface area (Å²) < 4.78 is 27.2. The van der Waals surface area contributed by atoms with E-state index in [1.165, 1.54) is 0 Å². The lowest BCUT2D eigenvalue weighted by molar-refractivity contribution is 0.281. The number of sulfonamides is 1. The largest absolute Gasteiger partial charge is 0.354 e. The van der Waals surface area contributed by atoms with Gasteiger partial charge in [-0.1, -0.05) is 26.0 Å². The molecule has 1 fully saturated rings. The van der Waals surface area contributed by atoms with Crippen molar-refractivity contribution < 1.29 is 8.42 Å². The Bertz CT molecular complexity index is 701. The molecule has 0 spiro atoms. The zero-order valence-electron chi connectivity index (χ0n) is 16.3. The number of benzene rings is 1. The van der Waals surface area contributed by atoms with Crippen LogP contribution in [-0.4, -0.2) is 44.9 Å². The molecule has 1 heterocycles. The summed E-state index contributed by atoms with van der Waals surface area (Å²) in [5, 5.41) is 6.56. The van der Waals surface area contributed by atoms with Gasteiger partial charge in [0.05, 0.1) is 4.90 Å². The van der Waals surface area contributed by atoms with Crippen LogP contribution in [0.15, 0.2) is 34.2 Å². The van der Waals surface area contributed by atoms with Gasteiger partial charge in [-0.25, -0.2) is 8.42 Å². The fourth-order valence-corrected chi connectivity index (χ4v) is 4.61. The van der Waals surface area contributed by atoms with Crippen molar-refractivity contribution in [1.29, 1.82) is 0 Å². The summed E-state index contributed by atoms with van der Waals surface area (Å²) in [7, 11) is -1.65. The predicted molar refractivity (Wildman–Crippen MR) is 107 cm³/mol. The van der Waals surface area contributed by atoms with Crippen molar-refractivity contribution in [3.8, 4) is 0 Å². The van der Waals surface area contributed by atoms with E-state index < -0.39 is 10.0 Å². The third kappa shape index (κ3) is 5.45. The molecule has 0 saturated carbocycles. The summed E-state index contributed by atoms with van der Waals surface area (Å²) in [5.74, 6) is 1.17. The molecule has 2 N–H and O–H groups in total. The van der Waals surface area contributed by atoms with Crippen LogP contribution in [0, 0.1) is 5.92 Å². The monoisotopic (exact) mass is 380 g/mol. The smallest absolute Gasteiger partial charge is 0.243 e. The Morgan fingerprint density at radius 3 is 2.62 bits per heavy atom. The first-order valence-electron chi connectivity index (χ1n) is 9.43. The SMILES string of the molecule is CCC(C)NC(=NC)NCc1ccc(S(=O)(=O)N2CCCC(C)C2)cc1. The normalized spacial score (nSPS) is 20.6. The van der Waals surface area contributed by atoms with Crippen molar-refractivity contribution in [2.75, 3.05) is 20.1 Å². The Kier molecular flexibility index (Phi) is 7.46. The van der Waals surface area contributed by atoms with Gasteiger partial charge in [-0.15, -0.1) is 0 Å². The molecular formula is C19H32N4O2S. The molecular weight excluding hydrogens is 348 g/mol. The van der Waals surface area contributed by atoms with Crippen molar-refractivity contribution in [3.63, 3.8) is 0 Å². The Hall–Kier alpha value is -1.60. The van der Waals surface area contributed by atoms with Crippen LogP contribution in [-0.2, 0) is 16.6 Å². The third-order valence-electron chi connectivity index (χ3n) is 4.86. The van der Waals surface area contributed by atoms with E-state index in [1.807, 2.05) is 12.1 Å². The van der Waals surface area contributed by atoms with Crippen LogP contribution >= 0.6 is 0 Å². The molecule has 0 aliphatic carbocycles. The maximum absolute atomic E-state index is 12.8. The molecule has 146 valence electrons. The van der Waals surface area contributed by atoms with Crippen LogP contribution in [0.3, 0.4) is 0 Å². The minimum atomic E-state index is -3.39. The summed E-state index contributed by atoms with van der Waals surface area (Å²) in [4.78, 5) is 4.58. The first-order valence-corrected chi connectivity index (χ1v) is 10.9. The average Bonchev–Trinajstić information content (AvgIpc) is 2.65. The molecule has 0 bridgehead atoms. The number of nitrogens with one attached hydrogen (secondary N) is 2. The number of hydrogen-bond donors (Lipinski definition) is 2. The quantitative estimate of drug-likeness (QED) is 0.588. The summed E-state index contributed by atoms with van der Waals surface area (Å²) in [6, 6.07) is 7.49. The van der Waals surface area contributed by atoms with Crippen molar-refractivity contribution >= 4 is 16.0 Å². The Labute approximate surface area is 158 Å². The highest BCUT2D eigenvalue weighted by Crippen LogP contribution is 2.23. The molecule has 0 amide bonds. The minimum Gasteiger partial charge on any atom is -0.354 e. The van der Waals surface area contributed by atoms with Crippen molar-refractivity contribution in [2.45, 2.75) is 57.5 Å². The van der Waals surface area contributed by atoms with Crippen LogP contribution in [0.2, 0.25) is 0 Å². The Morgan fingerprint density at radius 1 is 1.35 bits per heavy atom. The van der Waals surface area contributed by atoms with E-state index in [0.29, 0.717) is 36.5 Å². The second-order valence-electron chi connectivity index (χ2n) is 7.13. The standard InChI is InChI=1S/C19H32N4O2S/c1-5-16(3)22-19(20-4)21-13-17-8-10-18(11-9-17)26(24,25)23-12-6-7-15(2)14-23/h8-11,15-16H,5-7,12-14H2,1-4H3,(H2,20,21,22). The molecule has 1 aliphatic rings. The molecule has 26 heavy (non-hydrogen) atoms. The minimum absolute atomic E-state index is 0.348. The fourth-order valence-electron chi connectivity index (χ4n) is 3.01. The van der Waals surface area contributed by atoms with Crippen LogP contribution in [0.1, 0.15) is 45.6 Å². The molecule has 2 unspecified atom stereocenters. The molecule has 1 aromatic rings. The molecule has 1 aromatic carbocycles. The van der Waals surface area contributed by atoms with Gasteiger partial charge in [-0.2, -0.15) is 4.31 Å². The van der Waals surface area contributed by atoms with Crippen molar-refractivity contribution in [3.05, 3.63) is 29.8 Å². The highest BCUT2D eigenvalue weighted by atomic mass is 32.2. The Morgan fingerprint density at radius 2 is 2.04 bits per heavy atom. The maximum atomic E-state index is 12.8. The van der Waals surface area contributed by atoms with Crippen LogP contribution in [0.25, 0.3) is 0 Å². The van der Waals surface area contributed by atoms with E-state index in [9.17, 15) is 8.42 Å². The summed E-state index contributed by atoms with van der Waals surface area (Å²) in [6.07, 6.45) is 3.05. The molecule has 2 rings (SSSR count). The molecule has 1 aliphatic heterocycles. The van der Waals surface area contributed by atoms with E-state index in [2.05, 4.69) is 36.4 Å².